The largest absolute Gasteiger partial charge is 0.493 e. The van der Waals surface area contributed by atoms with Crippen LogP contribution in [0.4, 0.5) is 0 Å². The van der Waals surface area contributed by atoms with E-state index >= 15 is 0 Å². The number of carboxylic acid groups (broad SMARTS) is 1. The molecule has 5 heteroatoms. The summed E-state index contributed by atoms with van der Waals surface area (Å²) in [5.41, 5.74) is 1.02. The number of methoxy groups -OCH3 is 2. The Morgan fingerprint density at radius 1 is 1.33 bits per heavy atom. The molecule has 5 nitrogen and oxygen atoms in total. The van der Waals surface area contributed by atoms with E-state index in [1.807, 2.05) is 18.2 Å². The number of likely N-dealkylation sites (N-methyl/N-ethyl adjacent to an activating group) is 1. The van der Waals surface area contributed by atoms with Crippen LogP contribution in [0.5, 0.6) is 11.5 Å². The molecule has 0 bridgehead atoms. The van der Waals surface area contributed by atoms with Gasteiger partial charge in [0.05, 0.1) is 14.2 Å². The van der Waals surface area contributed by atoms with Gasteiger partial charge < -0.3 is 19.9 Å². The van der Waals surface area contributed by atoms with Crippen molar-refractivity contribution < 1.29 is 19.4 Å². The zero-order chi connectivity index (χ0) is 13.5. The van der Waals surface area contributed by atoms with Gasteiger partial charge in [0.1, 0.15) is 6.04 Å². The van der Waals surface area contributed by atoms with E-state index in [4.69, 9.17) is 14.6 Å². The molecule has 1 aromatic rings. The smallest absolute Gasteiger partial charge is 0.320 e. The normalized spacial score (nSPS) is 11.9. The molecule has 0 radical (unpaired) electrons. The third kappa shape index (κ3) is 3.63. The Morgan fingerprint density at radius 3 is 2.50 bits per heavy atom. The standard InChI is InChI=1S/C13H19NO4/c1-14-10(13(15)16)6-4-9-5-7-11(17-2)12(8-9)18-3/h5,7-8,10,14H,4,6H2,1-3H3,(H,15,16)/t10-/m0/s1. The minimum Gasteiger partial charge on any atom is -0.493 e. The third-order valence-corrected chi connectivity index (χ3v) is 2.82. The van der Waals surface area contributed by atoms with Crippen molar-refractivity contribution in [2.75, 3.05) is 21.3 Å². The van der Waals surface area contributed by atoms with E-state index in [1.165, 1.54) is 0 Å². The number of nitrogens with one attached hydrogen (secondary N) is 1. The number of ether oxygens (including phenoxy) is 2. The maximum absolute atomic E-state index is 10.9. The molecule has 0 aromatic heterocycles. The molecule has 0 fully saturated rings. The lowest BCUT2D eigenvalue weighted by atomic mass is 10.0. The van der Waals surface area contributed by atoms with Gasteiger partial charge in [-0.05, 0) is 37.6 Å². The highest BCUT2D eigenvalue weighted by molar-refractivity contribution is 5.73. The predicted molar refractivity (Wildman–Crippen MR) is 68.4 cm³/mol. The minimum atomic E-state index is -0.835. The molecule has 0 aliphatic carbocycles. The van der Waals surface area contributed by atoms with Crippen LogP contribution in [0, 0.1) is 0 Å². The summed E-state index contributed by atoms with van der Waals surface area (Å²) in [5.74, 6) is 0.494. The number of aryl methyl sites for hydroxylation is 1. The third-order valence-electron chi connectivity index (χ3n) is 2.82. The van der Waals surface area contributed by atoms with E-state index in [2.05, 4.69) is 5.32 Å². The van der Waals surface area contributed by atoms with Crippen molar-refractivity contribution in [3.8, 4) is 11.5 Å². The summed E-state index contributed by atoms with van der Waals surface area (Å²) >= 11 is 0. The first-order chi connectivity index (χ1) is 8.62. The van der Waals surface area contributed by atoms with Crippen molar-refractivity contribution in [3.63, 3.8) is 0 Å². The molecule has 0 unspecified atom stereocenters. The fourth-order valence-corrected chi connectivity index (χ4v) is 1.74. The van der Waals surface area contributed by atoms with Crippen LogP contribution in [0.15, 0.2) is 18.2 Å². The quantitative estimate of drug-likeness (QED) is 0.767. The Morgan fingerprint density at radius 2 is 2.00 bits per heavy atom. The van der Waals surface area contributed by atoms with Crippen molar-refractivity contribution in [1.29, 1.82) is 0 Å². The van der Waals surface area contributed by atoms with Gasteiger partial charge in [0, 0.05) is 0 Å². The summed E-state index contributed by atoms with van der Waals surface area (Å²) in [4.78, 5) is 10.9. The average molecular weight is 253 g/mol. The maximum atomic E-state index is 10.9. The van der Waals surface area contributed by atoms with Crippen LogP contribution >= 0.6 is 0 Å². The van der Waals surface area contributed by atoms with E-state index in [1.54, 1.807) is 21.3 Å². The SMILES string of the molecule is CN[C@@H](CCc1ccc(OC)c(OC)c1)C(=O)O. The molecular weight excluding hydrogens is 234 g/mol. The molecule has 1 atom stereocenters. The van der Waals surface area contributed by atoms with Crippen molar-refractivity contribution in [2.45, 2.75) is 18.9 Å². The molecule has 0 heterocycles. The number of benzene rings is 1. The van der Waals surface area contributed by atoms with Gasteiger partial charge in [-0.25, -0.2) is 0 Å². The molecule has 0 aliphatic heterocycles. The Hall–Kier alpha value is -1.75. The molecule has 18 heavy (non-hydrogen) atoms. The van der Waals surface area contributed by atoms with Crippen LogP contribution in [0.3, 0.4) is 0 Å². The second-order valence-corrected chi connectivity index (χ2v) is 3.91. The Kier molecular flexibility index (Phi) is 5.45. The molecule has 0 aliphatic rings. The summed E-state index contributed by atoms with van der Waals surface area (Å²) in [5, 5.41) is 11.7. The number of hydrogen-bond donors (Lipinski definition) is 2. The highest BCUT2D eigenvalue weighted by Gasteiger charge is 2.14. The van der Waals surface area contributed by atoms with Crippen LogP contribution in [-0.2, 0) is 11.2 Å². The van der Waals surface area contributed by atoms with Crippen molar-refractivity contribution >= 4 is 5.97 Å². The van der Waals surface area contributed by atoms with Crippen LogP contribution in [0.1, 0.15) is 12.0 Å². The fraction of sp³-hybridized carbons (Fsp3) is 0.462. The molecule has 100 valence electrons. The minimum absolute atomic E-state index is 0.529. The molecule has 1 rings (SSSR count). The van der Waals surface area contributed by atoms with Gasteiger partial charge in [-0.2, -0.15) is 0 Å². The van der Waals surface area contributed by atoms with E-state index in [9.17, 15) is 4.79 Å². The number of carbonyl (C=O) groups is 1. The lowest BCUT2D eigenvalue weighted by molar-refractivity contribution is -0.139. The summed E-state index contributed by atoms with van der Waals surface area (Å²) in [6.07, 6.45) is 1.19. The van der Waals surface area contributed by atoms with Crippen molar-refractivity contribution in [1.82, 2.24) is 5.32 Å². The average Bonchev–Trinajstić information content (AvgIpc) is 2.38. The van der Waals surface area contributed by atoms with Crippen LogP contribution in [0.2, 0.25) is 0 Å². The molecule has 2 N–H and O–H groups in total. The lowest BCUT2D eigenvalue weighted by Crippen LogP contribution is -2.34. The van der Waals surface area contributed by atoms with Crippen LogP contribution in [0.25, 0.3) is 0 Å². The molecule has 0 amide bonds. The first-order valence-corrected chi connectivity index (χ1v) is 5.73. The van der Waals surface area contributed by atoms with Crippen LogP contribution in [-0.4, -0.2) is 38.4 Å². The topological polar surface area (TPSA) is 67.8 Å². The van der Waals surface area contributed by atoms with E-state index in [-0.39, 0.29) is 0 Å². The van der Waals surface area contributed by atoms with Crippen molar-refractivity contribution in [3.05, 3.63) is 23.8 Å². The van der Waals surface area contributed by atoms with E-state index < -0.39 is 12.0 Å². The van der Waals surface area contributed by atoms with Gasteiger partial charge in [-0.15, -0.1) is 0 Å². The van der Waals surface area contributed by atoms with Gasteiger partial charge in [-0.3, -0.25) is 4.79 Å². The van der Waals surface area contributed by atoms with Crippen molar-refractivity contribution in [2.24, 2.45) is 0 Å². The first-order valence-electron chi connectivity index (χ1n) is 5.73. The van der Waals surface area contributed by atoms with Gasteiger partial charge in [0.2, 0.25) is 0 Å². The van der Waals surface area contributed by atoms with Gasteiger partial charge in [0.25, 0.3) is 0 Å². The highest BCUT2D eigenvalue weighted by Crippen LogP contribution is 2.28. The fourth-order valence-electron chi connectivity index (χ4n) is 1.74. The zero-order valence-corrected chi connectivity index (χ0v) is 10.9. The molecule has 0 spiro atoms. The molecule has 0 saturated heterocycles. The second kappa shape index (κ2) is 6.86. The Bertz CT molecular complexity index is 406. The van der Waals surface area contributed by atoms with Gasteiger partial charge in [0.15, 0.2) is 11.5 Å². The van der Waals surface area contributed by atoms with E-state index in [0.717, 1.165) is 5.56 Å². The number of rotatable bonds is 7. The highest BCUT2D eigenvalue weighted by atomic mass is 16.5. The number of carboxylic acids is 1. The molecule has 0 saturated carbocycles. The monoisotopic (exact) mass is 253 g/mol. The summed E-state index contributed by atoms with van der Waals surface area (Å²) in [6, 6.07) is 5.07. The zero-order valence-electron chi connectivity index (χ0n) is 10.9. The summed E-state index contributed by atoms with van der Waals surface area (Å²) in [6.45, 7) is 0. The first kappa shape index (κ1) is 14.3. The number of hydrogen-bond acceptors (Lipinski definition) is 4. The maximum Gasteiger partial charge on any atom is 0.320 e. The van der Waals surface area contributed by atoms with Gasteiger partial charge in [-0.1, -0.05) is 6.07 Å². The summed E-state index contributed by atoms with van der Waals surface area (Å²) < 4.78 is 10.3. The molecule has 1 aromatic carbocycles. The lowest BCUT2D eigenvalue weighted by Gasteiger charge is -2.12. The molecular formula is C13H19NO4. The summed E-state index contributed by atoms with van der Waals surface area (Å²) in [7, 11) is 4.81. The predicted octanol–water partition coefficient (Wildman–Crippen LogP) is 1.31. The van der Waals surface area contributed by atoms with E-state index in [0.29, 0.717) is 24.3 Å². The Balaban J connectivity index is 2.70. The number of aliphatic carboxylic acids is 1. The Labute approximate surface area is 107 Å². The second-order valence-electron chi connectivity index (χ2n) is 3.91. The van der Waals surface area contributed by atoms with Gasteiger partial charge >= 0.3 is 5.97 Å². The van der Waals surface area contributed by atoms with Crippen LogP contribution < -0.4 is 14.8 Å².